The summed E-state index contributed by atoms with van der Waals surface area (Å²) in [6.45, 7) is 2.23. The summed E-state index contributed by atoms with van der Waals surface area (Å²) in [6, 6.07) is 22.0. The molecule has 1 amide bonds. The van der Waals surface area contributed by atoms with Gasteiger partial charge < -0.3 is 14.6 Å². The van der Waals surface area contributed by atoms with Crippen molar-refractivity contribution in [3.63, 3.8) is 0 Å². The van der Waals surface area contributed by atoms with Crippen molar-refractivity contribution in [1.29, 1.82) is 0 Å². The van der Waals surface area contributed by atoms with Gasteiger partial charge in [-0.05, 0) is 54.4 Å². The summed E-state index contributed by atoms with van der Waals surface area (Å²) in [4.78, 5) is 25.5. The highest BCUT2D eigenvalue weighted by molar-refractivity contribution is 6.31. The molecule has 172 valence electrons. The lowest BCUT2D eigenvalue weighted by atomic mass is 10.0. The Balaban J connectivity index is 1.57. The summed E-state index contributed by atoms with van der Waals surface area (Å²) in [5, 5.41) is 3.11. The molecule has 0 radical (unpaired) electrons. The van der Waals surface area contributed by atoms with Crippen LogP contribution in [0.2, 0.25) is 5.02 Å². The van der Waals surface area contributed by atoms with E-state index >= 15 is 0 Å². The largest absolute Gasteiger partial charge is 0.445 e. The van der Waals surface area contributed by atoms with E-state index in [0.717, 1.165) is 16.8 Å². The average molecular weight is 477 g/mol. The second-order valence-corrected chi connectivity index (χ2v) is 8.14. The first kappa shape index (κ1) is 23.3. The average Bonchev–Trinajstić information content (AvgIpc) is 3.21. The molecule has 0 bridgehead atoms. The maximum Gasteiger partial charge on any atom is 0.407 e. The molecule has 4 aromatic rings. The molecule has 34 heavy (non-hydrogen) atoms. The van der Waals surface area contributed by atoms with Gasteiger partial charge in [-0.1, -0.05) is 54.1 Å². The van der Waals surface area contributed by atoms with Crippen LogP contribution >= 0.6 is 11.6 Å². The summed E-state index contributed by atoms with van der Waals surface area (Å²) in [5.41, 5.74) is 3.28. The highest BCUT2D eigenvalue weighted by atomic mass is 35.5. The van der Waals surface area contributed by atoms with Crippen molar-refractivity contribution >= 4 is 23.5 Å². The predicted octanol–water partition coefficient (Wildman–Crippen LogP) is 6.24. The zero-order valence-electron chi connectivity index (χ0n) is 18.4. The maximum atomic E-state index is 14.3. The lowest BCUT2D eigenvalue weighted by molar-refractivity contribution is 0.103. The van der Waals surface area contributed by atoms with Gasteiger partial charge in [-0.25, -0.2) is 9.18 Å². The van der Waals surface area contributed by atoms with Crippen LogP contribution in [0.5, 0.6) is 0 Å². The van der Waals surface area contributed by atoms with Gasteiger partial charge in [-0.3, -0.25) is 4.79 Å². The molecule has 7 heteroatoms. The van der Waals surface area contributed by atoms with Gasteiger partial charge in [0.05, 0.1) is 17.8 Å². The minimum absolute atomic E-state index is 0.0425. The van der Waals surface area contributed by atoms with Gasteiger partial charge in [0.2, 0.25) is 0 Å². The fourth-order valence-electron chi connectivity index (χ4n) is 3.63. The van der Waals surface area contributed by atoms with Crippen molar-refractivity contribution < 1.29 is 18.7 Å². The summed E-state index contributed by atoms with van der Waals surface area (Å²) >= 11 is 6.18. The number of ether oxygens (including phenoxy) is 1. The first-order chi connectivity index (χ1) is 16.4. The van der Waals surface area contributed by atoms with E-state index in [2.05, 4.69) is 5.32 Å². The Labute approximate surface area is 201 Å². The number of hydrogen-bond donors (Lipinski definition) is 1. The van der Waals surface area contributed by atoms with Crippen molar-refractivity contribution in [2.24, 2.45) is 0 Å². The minimum Gasteiger partial charge on any atom is -0.445 e. The summed E-state index contributed by atoms with van der Waals surface area (Å²) < 4.78 is 21.4. The lowest BCUT2D eigenvalue weighted by Gasteiger charge is -2.16. The lowest BCUT2D eigenvalue weighted by Crippen LogP contribution is -2.25. The topological polar surface area (TPSA) is 60.3 Å². The number of benzene rings is 3. The van der Waals surface area contributed by atoms with Crippen molar-refractivity contribution in [2.45, 2.75) is 20.1 Å². The van der Waals surface area contributed by atoms with Gasteiger partial charge in [0.25, 0.3) is 0 Å². The van der Waals surface area contributed by atoms with Gasteiger partial charge in [0.15, 0.2) is 5.78 Å². The molecule has 0 aliphatic carbocycles. The quantitative estimate of drug-likeness (QED) is 0.321. The van der Waals surface area contributed by atoms with Gasteiger partial charge in [-0.2, -0.15) is 0 Å². The third-order valence-electron chi connectivity index (χ3n) is 5.41. The fraction of sp³-hybridized carbons (Fsp3) is 0.111. The van der Waals surface area contributed by atoms with Crippen LogP contribution in [0.4, 0.5) is 9.18 Å². The monoisotopic (exact) mass is 476 g/mol. The third kappa shape index (κ3) is 5.18. The number of carbonyl (C=O) groups is 2. The van der Waals surface area contributed by atoms with Gasteiger partial charge in [-0.15, -0.1) is 0 Å². The number of aromatic nitrogens is 1. The van der Waals surface area contributed by atoms with E-state index < -0.39 is 17.7 Å². The Morgan fingerprint density at radius 1 is 0.971 bits per heavy atom. The van der Waals surface area contributed by atoms with Crippen LogP contribution in [0.1, 0.15) is 32.7 Å². The van der Waals surface area contributed by atoms with E-state index in [4.69, 9.17) is 16.3 Å². The summed E-state index contributed by atoms with van der Waals surface area (Å²) in [7, 11) is 0. The summed E-state index contributed by atoms with van der Waals surface area (Å²) in [5.74, 6) is -1.09. The van der Waals surface area contributed by atoms with E-state index in [1.165, 1.54) is 24.3 Å². The standard InChI is InChI=1S/C27H22ClFN2O3/c1-18-13-14-31(25(18)16-30-27(33)34-17-19-7-3-2-4-8-19)24-12-11-20(28)15-22(24)26(32)21-9-5-6-10-23(21)29/h2-15H,16-17H2,1H3,(H,30,33). The molecule has 4 rings (SSSR count). The second-order valence-electron chi connectivity index (χ2n) is 7.70. The number of nitrogens with one attached hydrogen (secondary N) is 1. The Hall–Kier alpha value is -3.90. The van der Waals surface area contributed by atoms with Crippen LogP contribution in [0, 0.1) is 12.7 Å². The number of alkyl carbamates (subject to hydrolysis) is 1. The molecule has 0 spiro atoms. The smallest absolute Gasteiger partial charge is 0.407 e. The molecule has 0 fully saturated rings. The van der Waals surface area contributed by atoms with Crippen molar-refractivity contribution in [3.8, 4) is 5.69 Å². The number of nitrogens with zero attached hydrogens (tertiary/aromatic N) is 1. The van der Waals surface area contributed by atoms with Crippen LogP contribution in [-0.2, 0) is 17.9 Å². The molecule has 0 saturated heterocycles. The molecular formula is C27H22ClFN2O3. The molecule has 5 nitrogen and oxygen atoms in total. The Morgan fingerprint density at radius 2 is 1.71 bits per heavy atom. The maximum absolute atomic E-state index is 14.3. The van der Waals surface area contributed by atoms with Crippen LogP contribution < -0.4 is 5.32 Å². The van der Waals surface area contributed by atoms with E-state index in [0.29, 0.717) is 10.7 Å². The number of ketones is 1. The van der Waals surface area contributed by atoms with Crippen LogP contribution in [0.25, 0.3) is 5.69 Å². The second kappa shape index (κ2) is 10.4. The zero-order chi connectivity index (χ0) is 24.1. The van der Waals surface area contributed by atoms with Crippen LogP contribution in [0.15, 0.2) is 85.1 Å². The van der Waals surface area contributed by atoms with E-state index in [1.54, 1.807) is 29.0 Å². The zero-order valence-corrected chi connectivity index (χ0v) is 19.2. The van der Waals surface area contributed by atoms with E-state index in [-0.39, 0.29) is 24.3 Å². The number of hydrogen-bond acceptors (Lipinski definition) is 3. The molecule has 1 N–H and O–H groups in total. The predicted molar refractivity (Wildman–Crippen MR) is 129 cm³/mol. The van der Waals surface area contributed by atoms with Gasteiger partial charge >= 0.3 is 6.09 Å². The molecule has 1 heterocycles. The van der Waals surface area contributed by atoms with E-state index in [9.17, 15) is 14.0 Å². The molecular weight excluding hydrogens is 455 g/mol. The fourth-order valence-corrected chi connectivity index (χ4v) is 3.81. The normalized spacial score (nSPS) is 10.7. The summed E-state index contributed by atoms with van der Waals surface area (Å²) in [6.07, 6.45) is 1.23. The molecule has 0 saturated carbocycles. The van der Waals surface area contributed by atoms with Crippen molar-refractivity contribution in [1.82, 2.24) is 9.88 Å². The number of halogens is 2. The Morgan fingerprint density at radius 3 is 2.47 bits per heavy atom. The molecule has 0 aliphatic heterocycles. The van der Waals surface area contributed by atoms with Crippen LogP contribution in [-0.4, -0.2) is 16.4 Å². The molecule has 1 aromatic heterocycles. The van der Waals surface area contributed by atoms with Crippen molar-refractivity contribution in [2.75, 3.05) is 0 Å². The highest BCUT2D eigenvalue weighted by Crippen LogP contribution is 2.26. The molecule has 3 aromatic carbocycles. The third-order valence-corrected chi connectivity index (χ3v) is 5.65. The first-order valence-electron chi connectivity index (χ1n) is 10.6. The number of amides is 1. The SMILES string of the molecule is Cc1ccn(-c2ccc(Cl)cc2C(=O)c2ccccc2F)c1CNC(=O)OCc1ccccc1. The Bertz CT molecular complexity index is 1330. The molecule has 0 atom stereocenters. The Kier molecular flexibility index (Phi) is 7.09. The number of aryl methyl sites for hydroxylation is 1. The van der Waals surface area contributed by atoms with Crippen molar-refractivity contribution in [3.05, 3.63) is 124 Å². The minimum atomic E-state index is -0.606. The number of rotatable bonds is 7. The van der Waals surface area contributed by atoms with E-state index in [1.807, 2.05) is 43.3 Å². The van der Waals surface area contributed by atoms with Gasteiger partial charge in [0.1, 0.15) is 12.4 Å². The molecule has 0 unspecified atom stereocenters. The molecule has 0 aliphatic rings. The number of carbonyl (C=O) groups excluding carboxylic acids is 2. The first-order valence-corrected chi connectivity index (χ1v) is 11.0. The highest BCUT2D eigenvalue weighted by Gasteiger charge is 2.20. The van der Waals surface area contributed by atoms with Crippen LogP contribution in [0.3, 0.4) is 0 Å². The van der Waals surface area contributed by atoms with Gasteiger partial charge in [0, 0.05) is 22.5 Å².